The topological polar surface area (TPSA) is 87.7 Å². The van der Waals surface area contributed by atoms with E-state index in [0.29, 0.717) is 0 Å². The van der Waals surface area contributed by atoms with Gasteiger partial charge in [0.25, 0.3) is 5.91 Å². The summed E-state index contributed by atoms with van der Waals surface area (Å²) >= 11 is 0. The van der Waals surface area contributed by atoms with Crippen LogP contribution in [0.2, 0.25) is 0 Å². The molecule has 1 atom stereocenters. The number of amides is 1. The van der Waals surface area contributed by atoms with Crippen LogP contribution in [0.15, 0.2) is 11.8 Å². The molecular weight excluding hydrogens is 188 g/mol. The summed E-state index contributed by atoms with van der Waals surface area (Å²) in [5, 5.41) is 14.3. The Morgan fingerprint density at radius 2 is 2.21 bits per heavy atom. The molecule has 1 aliphatic rings. The molecule has 1 fully saturated rings. The molecule has 6 heteroatoms. The molecule has 1 heterocycles. The molecule has 0 aromatic rings. The minimum absolute atomic E-state index is 0.105. The Morgan fingerprint density at radius 3 is 2.86 bits per heavy atom. The number of ether oxygens (including phenoxy) is 1. The van der Waals surface area contributed by atoms with Gasteiger partial charge in [0.05, 0.1) is 19.3 Å². The summed E-state index contributed by atoms with van der Waals surface area (Å²) in [4.78, 5) is 22.1. The predicted octanol–water partition coefficient (Wildman–Crippen LogP) is -1.88. The highest BCUT2D eigenvalue weighted by molar-refractivity contribution is 5.99. The number of aliphatic hydroxyl groups is 1. The maximum absolute atomic E-state index is 11.3. The standard InChI is InChI=1S/C8H12N2O4/c1-14-7(12)2-6-8(13)10-4-5(11)3-9-6/h2,5,9,11H,3-4H2,1H3,(H,10,13). The van der Waals surface area contributed by atoms with Gasteiger partial charge in [0.15, 0.2) is 0 Å². The van der Waals surface area contributed by atoms with Crippen molar-refractivity contribution in [1.82, 2.24) is 10.6 Å². The lowest BCUT2D eigenvalue weighted by Crippen LogP contribution is -2.30. The van der Waals surface area contributed by atoms with Crippen LogP contribution in [0.1, 0.15) is 0 Å². The van der Waals surface area contributed by atoms with Crippen LogP contribution in [-0.4, -0.2) is 43.3 Å². The lowest BCUT2D eigenvalue weighted by molar-refractivity contribution is -0.135. The zero-order chi connectivity index (χ0) is 10.6. The summed E-state index contributed by atoms with van der Waals surface area (Å²) in [6.45, 7) is 0.395. The normalized spacial score (nSPS) is 24.9. The van der Waals surface area contributed by atoms with E-state index in [1.807, 2.05) is 0 Å². The van der Waals surface area contributed by atoms with Gasteiger partial charge >= 0.3 is 5.97 Å². The zero-order valence-corrected chi connectivity index (χ0v) is 7.74. The van der Waals surface area contributed by atoms with Gasteiger partial charge in [-0.1, -0.05) is 0 Å². The summed E-state index contributed by atoms with van der Waals surface area (Å²) in [5.41, 5.74) is 0.105. The van der Waals surface area contributed by atoms with Gasteiger partial charge in [-0.3, -0.25) is 4.79 Å². The Morgan fingerprint density at radius 1 is 1.57 bits per heavy atom. The van der Waals surface area contributed by atoms with Crippen LogP contribution < -0.4 is 10.6 Å². The molecule has 0 radical (unpaired) electrons. The molecule has 6 nitrogen and oxygen atoms in total. The molecule has 78 valence electrons. The number of hydrogen-bond acceptors (Lipinski definition) is 5. The first kappa shape index (κ1) is 10.5. The van der Waals surface area contributed by atoms with Crippen LogP contribution in [0.3, 0.4) is 0 Å². The van der Waals surface area contributed by atoms with Crippen molar-refractivity contribution in [2.24, 2.45) is 0 Å². The largest absolute Gasteiger partial charge is 0.466 e. The van der Waals surface area contributed by atoms with Gasteiger partial charge in [0.2, 0.25) is 0 Å². The third-order valence-electron chi connectivity index (χ3n) is 1.73. The van der Waals surface area contributed by atoms with Crippen molar-refractivity contribution in [1.29, 1.82) is 0 Å². The highest BCUT2D eigenvalue weighted by Crippen LogP contribution is 1.96. The third kappa shape index (κ3) is 2.74. The van der Waals surface area contributed by atoms with E-state index in [-0.39, 0.29) is 18.8 Å². The molecule has 1 unspecified atom stereocenters. The molecule has 0 aromatic heterocycles. The van der Waals surface area contributed by atoms with Crippen LogP contribution in [0.4, 0.5) is 0 Å². The number of carbonyl (C=O) groups is 2. The summed E-state index contributed by atoms with van der Waals surface area (Å²) < 4.78 is 4.37. The van der Waals surface area contributed by atoms with Gasteiger partial charge in [0, 0.05) is 13.1 Å². The van der Waals surface area contributed by atoms with Gasteiger partial charge < -0.3 is 20.5 Å². The first-order valence-corrected chi connectivity index (χ1v) is 4.13. The molecule has 1 aliphatic heterocycles. The smallest absolute Gasteiger partial charge is 0.332 e. The molecule has 1 amide bonds. The molecule has 0 bridgehead atoms. The Bertz CT molecular complexity index is 275. The van der Waals surface area contributed by atoms with Crippen LogP contribution in [0, 0.1) is 0 Å². The fourth-order valence-corrected chi connectivity index (χ4v) is 0.979. The quantitative estimate of drug-likeness (QED) is 0.341. The third-order valence-corrected chi connectivity index (χ3v) is 1.73. The SMILES string of the molecule is COC(=O)C=C1NCC(O)CNC1=O. The Balaban J connectivity index is 2.71. The van der Waals surface area contributed by atoms with E-state index >= 15 is 0 Å². The van der Waals surface area contributed by atoms with E-state index < -0.39 is 18.0 Å². The van der Waals surface area contributed by atoms with Gasteiger partial charge in [0.1, 0.15) is 5.70 Å². The van der Waals surface area contributed by atoms with Gasteiger partial charge in [-0.25, -0.2) is 4.79 Å². The number of esters is 1. The average molecular weight is 200 g/mol. The lowest BCUT2D eigenvalue weighted by Gasteiger charge is -2.05. The fraction of sp³-hybridized carbons (Fsp3) is 0.500. The molecular formula is C8H12N2O4. The summed E-state index contributed by atoms with van der Waals surface area (Å²) in [5.74, 6) is -1.04. The van der Waals surface area contributed by atoms with E-state index in [9.17, 15) is 14.7 Å². The average Bonchev–Trinajstić information content (AvgIpc) is 2.33. The molecule has 0 spiro atoms. The van der Waals surface area contributed by atoms with Crippen LogP contribution in [0.5, 0.6) is 0 Å². The first-order valence-electron chi connectivity index (χ1n) is 4.13. The number of carbonyl (C=O) groups excluding carboxylic acids is 2. The van der Waals surface area contributed by atoms with Crippen molar-refractivity contribution in [2.75, 3.05) is 20.2 Å². The Hall–Kier alpha value is -1.56. The molecule has 3 N–H and O–H groups in total. The highest BCUT2D eigenvalue weighted by atomic mass is 16.5. The monoisotopic (exact) mass is 200 g/mol. The van der Waals surface area contributed by atoms with Crippen molar-refractivity contribution < 1.29 is 19.4 Å². The van der Waals surface area contributed by atoms with Crippen LogP contribution in [-0.2, 0) is 14.3 Å². The second-order valence-electron chi connectivity index (χ2n) is 2.83. The molecule has 0 aliphatic carbocycles. The number of hydrogen-bond donors (Lipinski definition) is 3. The fourth-order valence-electron chi connectivity index (χ4n) is 0.979. The van der Waals surface area contributed by atoms with Crippen molar-refractivity contribution in [3.05, 3.63) is 11.8 Å². The van der Waals surface area contributed by atoms with E-state index in [1.165, 1.54) is 7.11 Å². The number of methoxy groups -OCH3 is 1. The second kappa shape index (κ2) is 4.61. The number of β-amino-alcohol motifs (C(OH)–C–C–N with tert-alkyl or cyclic N) is 1. The molecule has 1 saturated heterocycles. The summed E-state index contributed by atoms with van der Waals surface area (Å²) in [7, 11) is 1.23. The first-order chi connectivity index (χ1) is 6.63. The van der Waals surface area contributed by atoms with Crippen molar-refractivity contribution in [3.8, 4) is 0 Å². The Kier molecular flexibility index (Phi) is 3.47. The van der Waals surface area contributed by atoms with Gasteiger partial charge in [-0.2, -0.15) is 0 Å². The zero-order valence-electron chi connectivity index (χ0n) is 7.74. The maximum atomic E-state index is 11.3. The molecule has 1 rings (SSSR count). The minimum Gasteiger partial charge on any atom is -0.466 e. The van der Waals surface area contributed by atoms with Crippen LogP contribution in [0.25, 0.3) is 0 Å². The van der Waals surface area contributed by atoms with Crippen molar-refractivity contribution in [2.45, 2.75) is 6.10 Å². The maximum Gasteiger partial charge on any atom is 0.332 e. The van der Waals surface area contributed by atoms with E-state index in [4.69, 9.17) is 0 Å². The molecule has 14 heavy (non-hydrogen) atoms. The number of nitrogens with one attached hydrogen (secondary N) is 2. The molecule has 0 aromatic carbocycles. The van der Waals surface area contributed by atoms with Crippen LogP contribution >= 0.6 is 0 Å². The van der Waals surface area contributed by atoms with Crippen molar-refractivity contribution in [3.63, 3.8) is 0 Å². The predicted molar refractivity (Wildman–Crippen MR) is 47.1 cm³/mol. The van der Waals surface area contributed by atoms with E-state index in [1.54, 1.807) is 0 Å². The summed E-state index contributed by atoms with van der Waals surface area (Å²) in [6.07, 6.45) is 0.399. The molecule has 0 saturated carbocycles. The minimum atomic E-state index is -0.650. The van der Waals surface area contributed by atoms with Gasteiger partial charge in [-0.15, -0.1) is 0 Å². The van der Waals surface area contributed by atoms with Gasteiger partial charge in [-0.05, 0) is 0 Å². The Labute approximate surface area is 80.9 Å². The number of aliphatic hydroxyl groups excluding tert-OH is 1. The van der Waals surface area contributed by atoms with Crippen molar-refractivity contribution >= 4 is 11.9 Å². The highest BCUT2D eigenvalue weighted by Gasteiger charge is 2.18. The van der Waals surface area contributed by atoms with E-state index in [0.717, 1.165) is 6.08 Å². The summed E-state index contributed by atoms with van der Waals surface area (Å²) in [6, 6.07) is 0. The second-order valence-corrected chi connectivity index (χ2v) is 2.83. The van der Waals surface area contributed by atoms with E-state index in [2.05, 4.69) is 15.4 Å². The lowest BCUT2D eigenvalue weighted by atomic mass is 10.3. The number of rotatable bonds is 1.